The summed E-state index contributed by atoms with van der Waals surface area (Å²) in [7, 11) is 0. The monoisotopic (exact) mass is 232 g/mol. The van der Waals surface area contributed by atoms with E-state index in [1.54, 1.807) is 6.20 Å². The molecule has 1 atom stereocenters. The first-order valence-electron chi connectivity index (χ1n) is 6.04. The average Bonchev–Trinajstić information content (AvgIpc) is 2.72. The van der Waals surface area contributed by atoms with Crippen molar-refractivity contribution in [2.45, 2.75) is 20.8 Å². The van der Waals surface area contributed by atoms with Gasteiger partial charge in [-0.15, -0.1) is 0 Å². The van der Waals surface area contributed by atoms with Crippen LogP contribution in [0.25, 0.3) is 10.9 Å². The van der Waals surface area contributed by atoms with Gasteiger partial charge in [0.15, 0.2) is 0 Å². The lowest BCUT2D eigenvalue weighted by molar-refractivity contribution is 0.440. The number of hydrogen-bond donors (Lipinski definition) is 3. The van der Waals surface area contributed by atoms with Gasteiger partial charge in [-0.3, -0.25) is 5.10 Å². The van der Waals surface area contributed by atoms with Gasteiger partial charge in [0, 0.05) is 11.9 Å². The summed E-state index contributed by atoms with van der Waals surface area (Å²) in [5.74, 6) is 1.28. The number of benzene rings is 1. The van der Waals surface area contributed by atoms with Gasteiger partial charge in [0.05, 0.1) is 23.1 Å². The van der Waals surface area contributed by atoms with Crippen molar-refractivity contribution in [1.29, 1.82) is 0 Å². The van der Waals surface area contributed by atoms with Gasteiger partial charge in [-0.2, -0.15) is 5.10 Å². The summed E-state index contributed by atoms with van der Waals surface area (Å²) in [6.07, 6.45) is 1.78. The molecule has 4 nitrogen and oxygen atoms in total. The maximum absolute atomic E-state index is 6.00. The number of fused-ring (bicyclic) bond motifs is 1. The van der Waals surface area contributed by atoms with Crippen LogP contribution in [0, 0.1) is 11.8 Å². The fourth-order valence-electron chi connectivity index (χ4n) is 1.67. The number of nitrogens with zero attached hydrogens (tertiary/aromatic N) is 1. The van der Waals surface area contributed by atoms with E-state index in [-0.39, 0.29) is 0 Å². The Morgan fingerprint density at radius 1 is 1.35 bits per heavy atom. The van der Waals surface area contributed by atoms with Gasteiger partial charge in [0.25, 0.3) is 0 Å². The molecule has 0 aliphatic heterocycles. The normalized spacial score (nSPS) is 13.2. The molecular formula is C13H20N4. The third-order valence-electron chi connectivity index (χ3n) is 3.36. The van der Waals surface area contributed by atoms with Crippen LogP contribution in [0.1, 0.15) is 20.8 Å². The Morgan fingerprint density at radius 3 is 2.82 bits per heavy atom. The van der Waals surface area contributed by atoms with Crippen molar-refractivity contribution >= 4 is 22.3 Å². The second-order valence-corrected chi connectivity index (χ2v) is 5.00. The summed E-state index contributed by atoms with van der Waals surface area (Å²) in [4.78, 5) is 0. The lowest BCUT2D eigenvalue weighted by atomic mass is 9.98. The van der Waals surface area contributed by atoms with E-state index in [2.05, 4.69) is 36.3 Å². The van der Waals surface area contributed by atoms with Crippen molar-refractivity contribution in [3.05, 3.63) is 18.3 Å². The highest BCUT2D eigenvalue weighted by Crippen LogP contribution is 2.25. The average molecular weight is 232 g/mol. The van der Waals surface area contributed by atoms with Crippen LogP contribution in [-0.2, 0) is 0 Å². The number of nitrogens with two attached hydrogens (primary N) is 1. The molecule has 4 heteroatoms. The first kappa shape index (κ1) is 11.8. The van der Waals surface area contributed by atoms with Gasteiger partial charge >= 0.3 is 0 Å². The largest absolute Gasteiger partial charge is 0.397 e. The Labute approximate surface area is 102 Å². The zero-order valence-electron chi connectivity index (χ0n) is 10.6. The molecule has 2 aromatic rings. The second-order valence-electron chi connectivity index (χ2n) is 5.00. The Balaban J connectivity index is 2.15. The summed E-state index contributed by atoms with van der Waals surface area (Å²) in [6.45, 7) is 7.63. The molecule has 0 fully saturated rings. The molecule has 1 heterocycles. The summed E-state index contributed by atoms with van der Waals surface area (Å²) in [5, 5.41) is 11.4. The lowest BCUT2D eigenvalue weighted by Crippen LogP contribution is -2.16. The van der Waals surface area contributed by atoms with E-state index in [0.29, 0.717) is 11.8 Å². The number of nitrogen functional groups attached to an aromatic ring is 1. The minimum absolute atomic E-state index is 0.617. The Kier molecular flexibility index (Phi) is 3.22. The summed E-state index contributed by atoms with van der Waals surface area (Å²) in [6, 6.07) is 3.96. The lowest BCUT2D eigenvalue weighted by Gasteiger charge is -2.17. The molecule has 0 spiro atoms. The predicted octanol–water partition coefficient (Wildman–Crippen LogP) is 2.85. The Hall–Kier alpha value is -1.71. The fourth-order valence-corrected chi connectivity index (χ4v) is 1.67. The maximum Gasteiger partial charge on any atom is 0.0672 e. The zero-order valence-corrected chi connectivity index (χ0v) is 10.6. The molecule has 0 saturated heterocycles. The Bertz CT molecular complexity index is 501. The number of rotatable bonds is 4. The van der Waals surface area contributed by atoms with Gasteiger partial charge in [-0.1, -0.05) is 20.8 Å². The van der Waals surface area contributed by atoms with E-state index in [1.807, 2.05) is 12.1 Å². The first-order chi connectivity index (χ1) is 8.08. The molecule has 92 valence electrons. The van der Waals surface area contributed by atoms with Crippen LogP contribution in [0.4, 0.5) is 11.4 Å². The van der Waals surface area contributed by atoms with E-state index >= 15 is 0 Å². The topological polar surface area (TPSA) is 66.7 Å². The van der Waals surface area contributed by atoms with Crippen molar-refractivity contribution in [2.24, 2.45) is 11.8 Å². The van der Waals surface area contributed by atoms with Crippen molar-refractivity contribution < 1.29 is 0 Å². The number of nitrogens with one attached hydrogen (secondary N) is 2. The van der Waals surface area contributed by atoms with Crippen LogP contribution < -0.4 is 11.1 Å². The van der Waals surface area contributed by atoms with Gasteiger partial charge in [0.1, 0.15) is 0 Å². The number of hydrogen-bond acceptors (Lipinski definition) is 3. The third kappa shape index (κ3) is 2.52. The summed E-state index contributed by atoms with van der Waals surface area (Å²) in [5.41, 5.74) is 8.77. The molecule has 1 unspecified atom stereocenters. The number of anilines is 2. The van der Waals surface area contributed by atoms with Crippen LogP contribution in [-0.4, -0.2) is 16.7 Å². The number of aromatic nitrogens is 2. The van der Waals surface area contributed by atoms with Crippen molar-refractivity contribution in [2.75, 3.05) is 17.6 Å². The SMILES string of the molecule is CC(C)C(C)CNc1cc2[nH]ncc2cc1N. The molecule has 0 saturated carbocycles. The molecule has 0 aliphatic rings. The summed E-state index contributed by atoms with van der Waals surface area (Å²) >= 11 is 0. The molecular weight excluding hydrogens is 212 g/mol. The van der Waals surface area contributed by atoms with E-state index in [4.69, 9.17) is 5.73 Å². The molecule has 0 amide bonds. The highest BCUT2D eigenvalue weighted by Gasteiger charge is 2.08. The predicted molar refractivity (Wildman–Crippen MR) is 73.0 cm³/mol. The van der Waals surface area contributed by atoms with Crippen LogP contribution in [0.15, 0.2) is 18.3 Å². The quantitative estimate of drug-likeness (QED) is 0.710. The van der Waals surface area contributed by atoms with Crippen LogP contribution in [0.3, 0.4) is 0 Å². The smallest absolute Gasteiger partial charge is 0.0672 e. The molecule has 2 rings (SSSR count). The van der Waals surface area contributed by atoms with Crippen molar-refractivity contribution in [3.63, 3.8) is 0 Å². The molecule has 0 bridgehead atoms. The molecule has 1 aromatic heterocycles. The highest BCUT2D eigenvalue weighted by molar-refractivity contribution is 5.88. The van der Waals surface area contributed by atoms with Crippen molar-refractivity contribution in [3.8, 4) is 0 Å². The summed E-state index contributed by atoms with van der Waals surface area (Å²) < 4.78 is 0. The third-order valence-corrected chi connectivity index (χ3v) is 3.36. The zero-order chi connectivity index (χ0) is 12.4. The van der Waals surface area contributed by atoms with E-state index in [9.17, 15) is 0 Å². The van der Waals surface area contributed by atoms with Gasteiger partial charge in [0.2, 0.25) is 0 Å². The standard InChI is InChI=1S/C13H20N4/c1-8(2)9(3)6-15-13-5-12-10(4-11(13)14)7-16-17-12/h4-5,7-9,15H,6,14H2,1-3H3,(H,16,17). The second kappa shape index (κ2) is 4.65. The molecule has 0 aliphatic carbocycles. The molecule has 1 aromatic carbocycles. The van der Waals surface area contributed by atoms with Gasteiger partial charge in [-0.05, 0) is 24.0 Å². The maximum atomic E-state index is 6.00. The van der Waals surface area contributed by atoms with Gasteiger partial charge in [-0.25, -0.2) is 0 Å². The molecule has 4 N–H and O–H groups in total. The minimum atomic E-state index is 0.617. The van der Waals surface area contributed by atoms with E-state index in [0.717, 1.165) is 28.8 Å². The molecule has 17 heavy (non-hydrogen) atoms. The van der Waals surface area contributed by atoms with Crippen LogP contribution in [0.2, 0.25) is 0 Å². The molecule has 0 radical (unpaired) electrons. The van der Waals surface area contributed by atoms with Crippen LogP contribution >= 0.6 is 0 Å². The minimum Gasteiger partial charge on any atom is -0.397 e. The number of H-pyrrole nitrogens is 1. The fraction of sp³-hybridized carbons (Fsp3) is 0.462. The first-order valence-corrected chi connectivity index (χ1v) is 6.04. The van der Waals surface area contributed by atoms with Crippen LogP contribution in [0.5, 0.6) is 0 Å². The highest BCUT2D eigenvalue weighted by atomic mass is 15.1. The van der Waals surface area contributed by atoms with E-state index in [1.165, 1.54) is 0 Å². The van der Waals surface area contributed by atoms with E-state index < -0.39 is 0 Å². The Morgan fingerprint density at radius 2 is 2.12 bits per heavy atom. The van der Waals surface area contributed by atoms with Crippen molar-refractivity contribution in [1.82, 2.24) is 10.2 Å². The number of aromatic amines is 1. The van der Waals surface area contributed by atoms with Gasteiger partial charge < -0.3 is 11.1 Å².